The third-order valence-corrected chi connectivity index (χ3v) is 4.94. The van der Waals surface area contributed by atoms with E-state index in [4.69, 9.17) is 4.98 Å². The van der Waals surface area contributed by atoms with Gasteiger partial charge in [0.15, 0.2) is 0 Å². The van der Waals surface area contributed by atoms with Crippen molar-refractivity contribution in [2.45, 2.75) is 58.4 Å². The van der Waals surface area contributed by atoms with Gasteiger partial charge in [-0.15, -0.1) is 0 Å². The highest BCUT2D eigenvalue weighted by Gasteiger charge is 2.29. The predicted octanol–water partition coefficient (Wildman–Crippen LogP) is 2.88. The SMILES string of the molecule is Cc1cc(C(C)C)nc(N2CCC(C3CCCN3)CC2)n1. The number of aryl methyl sites for hydroxylation is 1. The molecule has 2 saturated heterocycles. The van der Waals surface area contributed by atoms with Gasteiger partial charge in [-0.25, -0.2) is 9.97 Å². The molecule has 21 heavy (non-hydrogen) atoms. The number of piperidine rings is 1. The van der Waals surface area contributed by atoms with Crippen LogP contribution in [0.1, 0.15) is 56.8 Å². The normalized spacial score (nSPS) is 24.0. The standard InChI is InChI=1S/C17H28N4/c1-12(2)16-11-13(3)19-17(20-16)21-9-6-14(7-10-21)15-5-4-8-18-15/h11-12,14-15,18H,4-10H2,1-3H3. The van der Waals surface area contributed by atoms with Crippen LogP contribution in [0.5, 0.6) is 0 Å². The Bertz CT molecular complexity index is 472. The van der Waals surface area contributed by atoms with Gasteiger partial charge in [0.05, 0.1) is 0 Å². The molecule has 0 aliphatic carbocycles. The highest BCUT2D eigenvalue weighted by molar-refractivity contribution is 5.33. The molecule has 0 radical (unpaired) electrons. The molecule has 0 bridgehead atoms. The maximum Gasteiger partial charge on any atom is 0.225 e. The molecule has 1 aromatic rings. The van der Waals surface area contributed by atoms with Gasteiger partial charge in [-0.2, -0.15) is 0 Å². The second-order valence-electron chi connectivity index (χ2n) is 6.92. The van der Waals surface area contributed by atoms with E-state index >= 15 is 0 Å². The van der Waals surface area contributed by atoms with E-state index in [2.05, 4.69) is 42.0 Å². The van der Waals surface area contributed by atoms with Crippen LogP contribution in [0, 0.1) is 12.8 Å². The Morgan fingerprint density at radius 2 is 1.95 bits per heavy atom. The van der Waals surface area contributed by atoms with Crippen molar-refractivity contribution in [2.75, 3.05) is 24.5 Å². The zero-order chi connectivity index (χ0) is 14.8. The summed E-state index contributed by atoms with van der Waals surface area (Å²) in [5.41, 5.74) is 2.25. The number of rotatable bonds is 3. The Morgan fingerprint density at radius 1 is 1.19 bits per heavy atom. The van der Waals surface area contributed by atoms with Gasteiger partial charge in [0, 0.05) is 30.5 Å². The van der Waals surface area contributed by atoms with Crippen LogP contribution in [0.25, 0.3) is 0 Å². The summed E-state index contributed by atoms with van der Waals surface area (Å²) >= 11 is 0. The third-order valence-electron chi connectivity index (χ3n) is 4.94. The molecule has 4 heteroatoms. The fourth-order valence-electron chi connectivity index (χ4n) is 3.63. The molecule has 2 fully saturated rings. The lowest BCUT2D eigenvalue weighted by Gasteiger charge is -2.35. The third kappa shape index (κ3) is 3.37. The van der Waals surface area contributed by atoms with Crippen LogP contribution in [0.4, 0.5) is 5.95 Å². The molecule has 1 aromatic heterocycles. The van der Waals surface area contributed by atoms with E-state index in [1.165, 1.54) is 32.2 Å². The van der Waals surface area contributed by atoms with Gasteiger partial charge in [0.1, 0.15) is 0 Å². The average molecular weight is 288 g/mol. The molecule has 1 N–H and O–H groups in total. The number of hydrogen-bond acceptors (Lipinski definition) is 4. The molecule has 1 unspecified atom stereocenters. The molecule has 2 aliphatic rings. The van der Waals surface area contributed by atoms with Crippen LogP contribution in [-0.2, 0) is 0 Å². The summed E-state index contributed by atoms with van der Waals surface area (Å²) in [4.78, 5) is 11.8. The van der Waals surface area contributed by atoms with Crippen molar-refractivity contribution >= 4 is 5.95 Å². The van der Waals surface area contributed by atoms with E-state index in [1.807, 2.05) is 0 Å². The lowest BCUT2D eigenvalue weighted by atomic mass is 9.89. The van der Waals surface area contributed by atoms with Crippen molar-refractivity contribution < 1.29 is 0 Å². The maximum absolute atomic E-state index is 4.78. The molecular weight excluding hydrogens is 260 g/mol. The molecule has 2 aliphatic heterocycles. The summed E-state index contributed by atoms with van der Waals surface area (Å²) in [7, 11) is 0. The topological polar surface area (TPSA) is 41.1 Å². The Labute approximate surface area is 128 Å². The molecule has 3 rings (SSSR count). The fraction of sp³-hybridized carbons (Fsp3) is 0.765. The second-order valence-corrected chi connectivity index (χ2v) is 6.92. The van der Waals surface area contributed by atoms with E-state index < -0.39 is 0 Å². The van der Waals surface area contributed by atoms with E-state index in [-0.39, 0.29) is 0 Å². The Kier molecular flexibility index (Phi) is 4.43. The zero-order valence-corrected chi connectivity index (χ0v) is 13.6. The molecular formula is C17H28N4. The minimum Gasteiger partial charge on any atom is -0.341 e. The van der Waals surface area contributed by atoms with Gasteiger partial charge < -0.3 is 10.2 Å². The van der Waals surface area contributed by atoms with E-state index in [0.717, 1.165) is 42.4 Å². The predicted molar refractivity (Wildman–Crippen MR) is 86.8 cm³/mol. The Hall–Kier alpha value is -1.16. The first-order valence-electron chi connectivity index (χ1n) is 8.47. The van der Waals surface area contributed by atoms with Gasteiger partial charge in [-0.3, -0.25) is 0 Å². The quantitative estimate of drug-likeness (QED) is 0.928. The van der Waals surface area contributed by atoms with Crippen LogP contribution in [0.3, 0.4) is 0 Å². The van der Waals surface area contributed by atoms with Crippen molar-refractivity contribution in [1.82, 2.24) is 15.3 Å². The maximum atomic E-state index is 4.78. The van der Waals surface area contributed by atoms with Gasteiger partial charge in [-0.1, -0.05) is 13.8 Å². The Balaban J connectivity index is 1.66. The summed E-state index contributed by atoms with van der Waals surface area (Å²) in [6, 6.07) is 2.88. The van der Waals surface area contributed by atoms with Crippen molar-refractivity contribution in [2.24, 2.45) is 5.92 Å². The Morgan fingerprint density at radius 3 is 2.57 bits per heavy atom. The fourth-order valence-corrected chi connectivity index (χ4v) is 3.63. The second kappa shape index (κ2) is 6.30. The molecule has 3 heterocycles. The zero-order valence-electron chi connectivity index (χ0n) is 13.6. The number of aromatic nitrogens is 2. The van der Waals surface area contributed by atoms with E-state index in [0.29, 0.717) is 5.92 Å². The summed E-state index contributed by atoms with van der Waals surface area (Å²) in [5.74, 6) is 2.25. The van der Waals surface area contributed by atoms with E-state index in [9.17, 15) is 0 Å². The monoisotopic (exact) mass is 288 g/mol. The summed E-state index contributed by atoms with van der Waals surface area (Å²) in [6.07, 6.45) is 5.25. The first-order chi connectivity index (χ1) is 10.1. The number of anilines is 1. The lowest BCUT2D eigenvalue weighted by molar-refractivity contribution is 0.317. The van der Waals surface area contributed by atoms with Gasteiger partial charge in [0.2, 0.25) is 5.95 Å². The molecule has 116 valence electrons. The first-order valence-corrected chi connectivity index (χ1v) is 8.47. The van der Waals surface area contributed by atoms with Crippen LogP contribution in [0.15, 0.2) is 6.07 Å². The van der Waals surface area contributed by atoms with Crippen LogP contribution in [0.2, 0.25) is 0 Å². The smallest absolute Gasteiger partial charge is 0.225 e. The van der Waals surface area contributed by atoms with Crippen LogP contribution in [-0.4, -0.2) is 35.6 Å². The summed E-state index contributed by atoms with van der Waals surface area (Å²) in [6.45, 7) is 9.89. The molecule has 0 saturated carbocycles. The number of hydrogen-bond donors (Lipinski definition) is 1. The van der Waals surface area contributed by atoms with Crippen molar-refractivity contribution in [3.8, 4) is 0 Å². The van der Waals surface area contributed by atoms with Gasteiger partial charge >= 0.3 is 0 Å². The highest BCUT2D eigenvalue weighted by Crippen LogP contribution is 2.27. The summed E-state index contributed by atoms with van der Waals surface area (Å²) in [5, 5.41) is 3.66. The van der Waals surface area contributed by atoms with Gasteiger partial charge in [0.25, 0.3) is 0 Å². The number of nitrogens with zero attached hydrogens (tertiary/aromatic N) is 3. The summed E-state index contributed by atoms with van der Waals surface area (Å²) < 4.78 is 0. The van der Waals surface area contributed by atoms with Crippen molar-refractivity contribution in [1.29, 1.82) is 0 Å². The van der Waals surface area contributed by atoms with Crippen molar-refractivity contribution in [3.05, 3.63) is 17.5 Å². The largest absolute Gasteiger partial charge is 0.341 e. The number of nitrogens with one attached hydrogen (secondary N) is 1. The minimum atomic E-state index is 0.464. The first kappa shape index (κ1) is 14.8. The lowest BCUT2D eigenvalue weighted by Crippen LogP contribution is -2.41. The van der Waals surface area contributed by atoms with Gasteiger partial charge in [-0.05, 0) is 57.1 Å². The van der Waals surface area contributed by atoms with Crippen molar-refractivity contribution in [3.63, 3.8) is 0 Å². The van der Waals surface area contributed by atoms with Crippen LogP contribution >= 0.6 is 0 Å². The molecule has 1 atom stereocenters. The van der Waals surface area contributed by atoms with Crippen LogP contribution < -0.4 is 10.2 Å². The molecule has 0 spiro atoms. The molecule has 4 nitrogen and oxygen atoms in total. The molecule has 0 aromatic carbocycles. The average Bonchev–Trinajstić information content (AvgIpc) is 3.01. The minimum absolute atomic E-state index is 0.464. The van der Waals surface area contributed by atoms with E-state index in [1.54, 1.807) is 0 Å². The molecule has 0 amide bonds. The highest BCUT2D eigenvalue weighted by atomic mass is 15.3.